The highest BCUT2D eigenvalue weighted by Crippen LogP contribution is 2.42. The molecule has 4 aromatic rings. The molecule has 0 radical (unpaired) electrons. The number of hydrogen-bond acceptors (Lipinski definition) is 0. The molecule has 0 saturated heterocycles. The van der Waals surface area contributed by atoms with Gasteiger partial charge in [0.05, 0.1) is 0 Å². The van der Waals surface area contributed by atoms with Crippen LogP contribution in [0.4, 0.5) is 43.9 Å². The van der Waals surface area contributed by atoms with Gasteiger partial charge in [0.2, 0.25) is 0 Å². The van der Waals surface area contributed by atoms with Crippen molar-refractivity contribution >= 4 is 35.6 Å². The van der Waals surface area contributed by atoms with Crippen molar-refractivity contribution in [2.45, 2.75) is 67.6 Å². The summed E-state index contributed by atoms with van der Waals surface area (Å²) in [5.41, 5.74) is 1.53. The lowest BCUT2D eigenvalue weighted by Crippen LogP contribution is -2.64. The molecule has 0 bridgehead atoms. The predicted molar refractivity (Wildman–Crippen MR) is 177 cm³/mol. The molecule has 0 aliphatic heterocycles. The Morgan fingerprint density at radius 1 is 0.510 bits per heavy atom. The second-order valence-electron chi connectivity index (χ2n) is 12.5. The van der Waals surface area contributed by atoms with Crippen LogP contribution in [0.3, 0.4) is 0 Å². The van der Waals surface area contributed by atoms with Gasteiger partial charge in [-0.25, -0.2) is 43.9 Å². The minimum Gasteiger partial charge on any atom is -0.303 e. The van der Waals surface area contributed by atoms with E-state index in [9.17, 15) is 26.3 Å². The zero-order valence-electron chi connectivity index (χ0n) is 27.9. The van der Waals surface area contributed by atoms with E-state index in [-0.39, 0.29) is 19.0 Å². The van der Waals surface area contributed by atoms with Crippen LogP contribution in [0.5, 0.6) is 0 Å². The van der Waals surface area contributed by atoms with Gasteiger partial charge in [-0.3, -0.25) is 0 Å². The topological polar surface area (TPSA) is 0 Å². The molecule has 0 aliphatic carbocycles. The van der Waals surface area contributed by atoms with E-state index in [1.54, 1.807) is 6.92 Å². The SMILES string of the molecule is CCCC#C[B-](CCP(c1c(C)cc(C)cc1C)c1c(C)cc(C)cc1C)(c1c(F)c(F)c(F)c(F)c1F)c1c(F)c(F)c(F)c(F)c1F. The molecule has 0 N–H and O–H groups in total. The average Bonchev–Trinajstić information content (AvgIpc) is 3.02. The zero-order valence-corrected chi connectivity index (χ0v) is 28.8. The lowest BCUT2D eigenvalue weighted by molar-refractivity contribution is 0.381. The molecule has 0 unspecified atom stereocenters. The summed E-state index contributed by atoms with van der Waals surface area (Å²) in [5.74, 6) is -19.9. The molecule has 0 saturated carbocycles. The van der Waals surface area contributed by atoms with Crippen LogP contribution in [0.1, 0.15) is 53.1 Å². The summed E-state index contributed by atoms with van der Waals surface area (Å²) in [6, 6.07) is 7.57. The van der Waals surface area contributed by atoms with Gasteiger partial charge in [-0.1, -0.05) is 48.5 Å². The fourth-order valence-electron chi connectivity index (χ4n) is 6.98. The summed E-state index contributed by atoms with van der Waals surface area (Å²) in [7, 11) is -1.67. The molecule has 0 aromatic heterocycles. The molecule has 0 spiro atoms. The smallest absolute Gasteiger partial charge is 0.200 e. The van der Waals surface area contributed by atoms with Crippen molar-refractivity contribution in [1.29, 1.82) is 0 Å². The van der Waals surface area contributed by atoms with E-state index in [2.05, 4.69) is 11.7 Å². The first-order valence-electron chi connectivity index (χ1n) is 15.5. The van der Waals surface area contributed by atoms with E-state index in [0.717, 1.165) is 44.0 Å². The highest BCUT2D eigenvalue weighted by atomic mass is 31.1. The molecule has 0 heterocycles. The Morgan fingerprint density at radius 2 is 0.816 bits per heavy atom. The molecule has 4 aromatic carbocycles. The summed E-state index contributed by atoms with van der Waals surface area (Å²) < 4.78 is 152. The normalized spacial score (nSPS) is 11.7. The van der Waals surface area contributed by atoms with Crippen molar-refractivity contribution in [3.63, 3.8) is 0 Å². The number of aryl methyl sites for hydroxylation is 6. The minimum absolute atomic E-state index is 0.0879. The van der Waals surface area contributed by atoms with Crippen molar-refractivity contribution in [2.75, 3.05) is 6.16 Å². The molecule has 4 rings (SSSR count). The third-order valence-corrected chi connectivity index (χ3v) is 12.0. The van der Waals surface area contributed by atoms with Crippen LogP contribution in [0, 0.1) is 111 Å². The van der Waals surface area contributed by atoms with Gasteiger partial charge in [-0.2, -0.15) is 6.32 Å². The summed E-state index contributed by atoms with van der Waals surface area (Å²) >= 11 is 0. The van der Waals surface area contributed by atoms with Gasteiger partial charge in [-0.05, 0) is 88.7 Å². The molecule has 0 fully saturated rings. The molecule has 0 nitrogen and oxygen atoms in total. The number of unbranched alkanes of at least 4 members (excludes halogenated alkanes) is 1. The van der Waals surface area contributed by atoms with Gasteiger partial charge in [0.15, 0.2) is 34.9 Å². The van der Waals surface area contributed by atoms with E-state index < -0.39 is 89.5 Å². The fourth-order valence-corrected chi connectivity index (χ4v) is 10.3. The standard InChI is InChI=1S/C37H33BF10P/c1-8-9-10-11-38(24-26(39)30(43)34(47)31(44)27(24)40,25-28(41)32(45)35(48)33(46)29(25)42)12-13-49(36-20(4)14-18(2)15-21(36)5)37-22(6)16-19(3)17-23(37)7/h14-17H,8-9,12-13H2,1-7H3/q-1. The lowest BCUT2D eigenvalue weighted by Gasteiger charge is -2.40. The van der Waals surface area contributed by atoms with Gasteiger partial charge in [0.25, 0.3) is 0 Å². The van der Waals surface area contributed by atoms with E-state index >= 15 is 17.6 Å². The maximum absolute atomic E-state index is 15.9. The van der Waals surface area contributed by atoms with Crippen molar-refractivity contribution in [3.05, 3.63) is 116 Å². The first kappa shape index (κ1) is 38.0. The Morgan fingerprint density at radius 3 is 1.12 bits per heavy atom. The predicted octanol–water partition coefficient (Wildman–Crippen LogP) is 8.97. The maximum Gasteiger partial charge on any atom is 0.200 e. The Kier molecular flexibility index (Phi) is 11.3. The Balaban J connectivity index is 2.21. The van der Waals surface area contributed by atoms with Crippen LogP contribution in [-0.4, -0.2) is 12.3 Å². The number of benzene rings is 4. The summed E-state index contributed by atoms with van der Waals surface area (Å²) in [6.45, 7) is 12.7. The van der Waals surface area contributed by atoms with E-state index in [1.807, 2.05) is 65.8 Å². The number of halogens is 10. The van der Waals surface area contributed by atoms with Crippen LogP contribution in [0.15, 0.2) is 24.3 Å². The summed E-state index contributed by atoms with van der Waals surface area (Å²) in [4.78, 5) is 0. The van der Waals surface area contributed by atoms with Crippen LogP contribution in [0.2, 0.25) is 6.32 Å². The highest BCUT2D eigenvalue weighted by Gasteiger charge is 2.42. The van der Waals surface area contributed by atoms with Crippen molar-refractivity contribution in [1.82, 2.24) is 0 Å². The summed E-state index contributed by atoms with van der Waals surface area (Å²) in [5, 5.41) is 1.55. The first-order valence-corrected chi connectivity index (χ1v) is 17.1. The van der Waals surface area contributed by atoms with Gasteiger partial charge < -0.3 is 5.82 Å². The van der Waals surface area contributed by atoms with Crippen LogP contribution in [0.25, 0.3) is 0 Å². The second-order valence-corrected chi connectivity index (χ2v) is 14.7. The van der Waals surface area contributed by atoms with E-state index in [4.69, 9.17) is 0 Å². The number of rotatable bonds is 8. The van der Waals surface area contributed by atoms with Crippen LogP contribution < -0.4 is 21.5 Å². The van der Waals surface area contributed by atoms with Gasteiger partial charge in [0.1, 0.15) is 29.4 Å². The van der Waals surface area contributed by atoms with Crippen molar-refractivity contribution in [2.24, 2.45) is 0 Å². The molecule has 260 valence electrons. The quantitative estimate of drug-likeness (QED) is 0.0428. The lowest BCUT2D eigenvalue weighted by atomic mass is 9.17. The summed E-state index contributed by atoms with van der Waals surface area (Å²) in [6.07, 6.45) is -5.14. The second kappa shape index (κ2) is 14.6. The fraction of sp³-hybridized carbons (Fsp3) is 0.297. The third kappa shape index (κ3) is 6.74. The van der Waals surface area contributed by atoms with E-state index in [0.29, 0.717) is 0 Å². The molecule has 0 atom stereocenters. The largest absolute Gasteiger partial charge is 0.303 e. The third-order valence-electron chi connectivity index (χ3n) is 8.79. The molecule has 0 amide bonds. The number of hydrogen-bond donors (Lipinski definition) is 0. The Hall–Kier alpha value is -3.77. The minimum atomic E-state index is -4.25. The van der Waals surface area contributed by atoms with Gasteiger partial charge in [-0.15, -0.1) is 16.8 Å². The molecular weight excluding hydrogens is 676 g/mol. The highest BCUT2D eigenvalue weighted by molar-refractivity contribution is 7.73. The molecule has 12 heteroatoms. The van der Waals surface area contributed by atoms with Crippen LogP contribution >= 0.6 is 7.92 Å². The monoisotopic (exact) mass is 709 g/mol. The van der Waals surface area contributed by atoms with Crippen molar-refractivity contribution < 1.29 is 43.9 Å². The van der Waals surface area contributed by atoms with Crippen molar-refractivity contribution in [3.8, 4) is 11.7 Å². The Labute approximate surface area is 280 Å². The zero-order chi connectivity index (χ0) is 36.7. The first-order chi connectivity index (χ1) is 22.9. The van der Waals surface area contributed by atoms with Gasteiger partial charge >= 0.3 is 0 Å². The molecular formula is C37H33BF10P-. The Bertz CT molecular complexity index is 1800. The molecule has 49 heavy (non-hydrogen) atoms. The van der Waals surface area contributed by atoms with Gasteiger partial charge in [0, 0.05) is 6.42 Å². The maximum atomic E-state index is 15.9. The van der Waals surface area contributed by atoms with Crippen LogP contribution in [-0.2, 0) is 0 Å². The average molecular weight is 709 g/mol. The van der Waals surface area contributed by atoms with E-state index in [1.165, 1.54) is 0 Å². The molecule has 0 aliphatic rings.